The molecule has 3 heterocycles. The third-order valence-corrected chi connectivity index (χ3v) is 6.04. The van der Waals surface area contributed by atoms with Crippen LogP contribution in [0.2, 0.25) is 0 Å². The van der Waals surface area contributed by atoms with E-state index in [1.807, 2.05) is 11.0 Å². The molecule has 26 heavy (non-hydrogen) atoms. The zero-order valence-corrected chi connectivity index (χ0v) is 15.2. The monoisotopic (exact) mass is 351 g/mol. The lowest BCUT2D eigenvalue weighted by Gasteiger charge is -2.44. The van der Waals surface area contributed by atoms with Crippen LogP contribution < -0.4 is 0 Å². The van der Waals surface area contributed by atoms with E-state index in [0.717, 1.165) is 39.1 Å². The second kappa shape index (κ2) is 6.72. The Morgan fingerprint density at radius 2 is 2.19 bits per heavy atom. The van der Waals surface area contributed by atoms with Gasteiger partial charge in [0.1, 0.15) is 11.3 Å². The average Bonchev–Trinajstić information content (AvgIpc) is 3.25. The van der Waals surface area contributed by atoms with Gasteiger partial charge in [0.05, 0.1) is 6.20 Å². The number of fused-ring (bicyclic) bond motifs is 1. The molecule has 0 unspecified atom stereocenters. The van der Waals surface area contributed by atoms with E-state index < -0.39 is 0 Å². The van der Waals surface area contributed by atoms with E-state index in [-0.39, 0.29) is 11.3 Å². The summed E-state index contributed by atoms with van der Waals surface area (Å²) in [4.78, 5) is 17.4. The van der Waals surface area contributed by atoms with Gasteiger partial charge in [-0.05, 0) is 18.9 Å². The van der Waals surface area contributed by atoms with Crippen molar-refractivity contribution < 1.29 is 9.32 Å². The van der Waals surface area contributed by atoms with Crippen molar-refractivity contribution in [1.29, 1.82) is 0 Å². The van der Waals surface area contributed by atoms with Crippen molar-refractivity contribution in [2.75, 3.05) is 32.7 Å². The number of piperidine rings is 1. The summed E-state index contributed by atoms with van der Waals surface area (Å²) in [7, 11) is 0. The Morgan fingerprint density at radius 3 is 2.88 bits per heavy atom. The quantitative estimate of drug-likeness (QED) is 0.795. The molecule has 1 aromatic carbocycles. The van der Waals surface area contributed by atoms with E-state index in [2.05, 4.69) is 47.0 Å². The zero-order chi connectivity index (χ0) is 18.1. The molecule has 2 saturated heterocycles. The average molecular weight is 351 g/mol. The molecule has 1 aromatic heterocycles. The molecular weight excluding hydrogens is 326 g/mol. The molecule has 2 aromatic rings. The lowest BCUT2D eigenvalue weighted by molar-refractivity contribution is 0.0601. The zero-order valence-electron chi connectivity index (χ0n) is 15.2. The molecule has 5 nitrogen and oxygen atoms in total. The van der Waals surface area contributed by atoms with Gasteiger partial charge in [-0.15, -0.1) is 6.58 Å². The number of likely N-dealkylation sites (tertiary alicyclic amines) is 2. The van der Waals surface area contributed by atoms with Gasteiger partial charge in [-0.25, -0.2) is 0 Å². The lowest BCUT2D eigenvalue weighted by Crippen LogP contribution is -2.51. The highest BCUT2D eigenvalue weighted by Gasteiger charge is 2.50. The molecule has 4 rings (SSSR count). The normalized spacial score (nSPS) is 25.9. The van der Waals surface area contributed by atoms with Crippen LogP contribution in [0, 0.1) is 12.8 Å². The van der Waals surface area contributed by atoms with Gasteiger partial charge >= 0.3 is 0 Å². The Bertz CT molecular complexity index is 801. The number of carbonyl (C=O) groups excluding carboxylic acids is 1. The highest BCUT2D eigenvalue weighted by Crippen LogP contribution is 2.45. The van der Waals surface area contributed by atoms with Crippen molar-refractivity contribution >= 4 is 5.91 Å². The van der Waals surface area contributed by atoms with Crippen LogP contribution in [0.25, 0.3) is 0 Å². The minimum absolute atomic E-state index is 0.0348. The van der Waals surface area contributed by atoms with E-state index in [4.69, 9.17) is 4.52 Å². The maximum atomic E-state index is 12.9. The first-order valence-corrected chi connectivity index (χ1v) is 9.23. The van der Waals surface area contributed by atoms with Crippen molar-refractivity contribution in [2.24, 2.45) is 5.92 Å². The van der Waals surface area contributed by atoms with E-state index >= 15 is 0 Å². The first kappa shape index (κ1) is 17.0. The topological polar surface area (TPSA) is 49.6 Å². The fourth-order valence-corrected chi connectivity index (χ4v) is 4.71. The minimum atomic E-state index is 0.0348. The third-order valence-electron chi connectivity index (χ3n) is 6.04. The second-order valence-corrected chi connectivity index (χ2v) is 7.50. The first-order chi connectivity index (χ1) is 12.6. The summed E-state index contributed by atoms with van der Waals surface area (Å²) in [6.45, 7) is 10.1. The van der Waals surface area contributed by atoms with E-state index in [0.29, 0.717) is 17.2 Å². The highest BCUT2D eigenvalue weighted by molar-refractivity contribution is 5.94. The van der Waals surface area contributed by atoms with E-state index in [1.54, 1.807) is 6.92 Å². The standard InChI is InChI=1S/C21H25N3O2/c1-3-10-23-13-18-14-24(20(25)19-12-22-26-16(19)2)11-9-21(18,15-23)17-7-5-4-6-8-17/h3-8,12,18H,1,9-11,13-15H2,2H3/t18-,21+/m0/s1. The molecule has 0 radical (unpaired) electrons. The molecule has 2 aliphatic rings. The van der Waals surface area contributed by atoms with Gasteiger partial charge in [-0.1, -0.05) is 41.6 Å². The smallest absolute Gasteiger partial charge is 0.259 e. The van der Waals surface area contributed by atoms with Crippen LogP contribution >= 0.6 is 0 Å². The second-order valence-electron chi connectivity index (χ2n) is 7.50. The van der Waals surface area contributed by atoms with Gasteiger partial charge in [-0.2, -0.15) is 0 Å². The maximum absolute atomic E-state index is 12.9. The van der Waals surface area contributed by atoms with E-state index in [9.17, 15) is 4.79 Å². The molecule has 136 valence electrons. The number of aryl methyl sites for hydroxylation is 1. The van der Waals surface area contributed by atoms with Gasteiger partial charge in [0.15, 0.2) is 0 Å². The van der Waals surface area contributed by atoms with Gasteiger partial charge < -0.3 is 9.42 Å². The molecule has 2 atom stereocenters. The molecule has 2 fully saturated rings. The number of rotatable bonds is 4. The van der Waals surface area contributed by atoms with Gasteiger partial charge in [0, 0.05) is 44.1 Å². The summed E-state index contributed by atoms with van der Waals surface area (Å²) in [5, 5.41) is 3.76. The summed E-state index contributed by atoms with van der Waals surface area (Å²) >= 11 is 0. The summed E-state index contributed by atoms with van der Waals surface area (Å²) in [5.74, 6) is 1.05. The molecule has 0 spiro atoms. The van der Waals surface area contributed by atoms with Crippen molar-refractivity contribution in [2.45, 2.75) is 18.8 Å². The Morgan fingerprint density at radius 1 is 1.38 bits per heavy atom. The van der Waals surface area contributed by atoms with Crippen LogP contribution in [0.4, 0.5) is 0 Å². The molecular formula is C21H25N3O2. The Kier molecular flexibility index (Phi) is 4.41. The van der Waals surface area contributed by atoms with Crippen LogP contribution in [0.3, 0.4) is 0 Å². The van der Waals surface area contributed by atoms with Crippen molar-refractivity contribution in [3.63, 3.8) is 0 Å². The fraction of sp³-hybridized carbons (Fsp3) is 0.429. The van der Waals surface area contributed by atoms with Gasteiger partial charge in [0.2, 0.25) is 0 Å². The SMILES string of the molecule is C=CCN1C[C@H]2CN(C(=O)c3cnoc3C)CC[C@]2(c2ccccc2)C1. The predicted octanol–water partition coefficient (Wildman–Crippen LogP) is 2.88. The number of hydrogen-bond acceptors (Lipinski definition) is 4. The maximum Gasteiger partial charge on any atom is 0.259 e. The molecule has 0 aliphatic carbocycles. The predicted molar refractivity (Wildman–Crippen MR) is 100 cm³/mol. The van der Waals surface area contributed by atoms with Crippen LogP contribution in [0.15, 0.2) is 53.7 Å². The summed E-state index contributed by atoms with van der Waals surface area (Å²) in [5.41, 5.74) is 2.09. The van der Waals surface area contributed by atoms with Crippen LogP contribution in [0.5, 0.6) is 0 Å². The third kappa shape index (κ3) is 2.76. The summed E-state index contributed by atoms with van der Waals surface area (Å²) < 4.78 is 5.08. The Hall–Kier alpha value is -2.40. The molecule has 0 bridgehead atoms. The van der Waals surface area contributed by atoms with Crippen LogP contribution in [-0.4, -0.2) is 53.6 Å². The first-order valence-electron chi connectivity index (χ1n) is 9.23. The minimum Gasteiger partial charge on any atom is -0.361 e. The van der Waals surface area contributed by atoms with Crippen LogP contribution in [-0.2, 0) is 5.41 Å². The lowest BCUT2D eigenvalue weighted by atomic mass is 9.68. The summed E-state index contributed by atoms with van der Waals surface area (Å²) in [6.07, 6.45) is 4.49. The molecule has 2 aliphatic heterocycles. The Labute approximate surface area is 154 Å². The highest BCUT2D eigenvalue weighted by atomic mass is 16.5. The Balaban J connectivity index is 1.61. The molecule has 1 amide bonds. The number of amides is 1. The number of hydrogen-bond donors (Lipinski definition) is 0. The van der Waals surface area contributed by atoms with Crippen molar-refractivity contribution in [3.05, 3.63) is 66.1 Å². The molecule has 0 saturated carbocycles. The van der Waals surface area contributed by atoms with Crippen molar-refractivity contribution in [1.82, 2.24) is 15.0 Å². The number of carbonyl (C=O) groups is 1. The van der Waals surface area contributed by atoms with E-state index in [1.165, 1.54) is 11.8 Å². The van der Waals surface area contributed by atoms with Gasteiger partial charge in [0.25, 0.3) is 5.91 Å². The van der Waals surface area contributed by atoms with Crippen LogP contribution in [0.1, 0.15) is 28.1 Å². The van der Waals surface area contributed by atoms with Gasteiger partial charge in [-0.3, -0.25) is 9.69 Å². The fourth-order valence-electron chi connectivity index (χ4n) is 4.71. The number of benzene rings is 1. The largest absolute Gasteiger partial charge is 0.361 e. The number of nitrogens with zero attached hydrogens (tertiary/aromatic N) is 3. The van der Waals surface area contributed by atoms with Crippen molar-refractivity contribution in [3.8, 4) is 0 Å². The number of aromatic nitrogens is 1. The molecule has 5 heteroatoms. The summed E-state index contributed by atoms with van der Waals surface area (Å²) in [6, 6.07) is 10.8. The molecule has 0 N–H and O–H groups in total.